The monoisotopic (exact) mass is 595 g/mol. The van der Waals surface area contributed by atoms with Crippen LogP contribution in [0.3, 0.4) is 0 Å². The molecule has 1 fully saturated rings. The summed E-state index contributed by atoms with van der Waals surface area (Å²) < 4.78 is 29.9. The molecule has 0 radical (unpaired) electrons. The number of halogens is 2. The highest BCUT2D eigenvalue weighted by atomic mass is 19.1. The summed E-state index contributed by atoms with van der Waals surface area (Å²) in [5, 5.41) is 27.3. The van der Waals surface area contributed by atoms with Crippen LogP contribution in [0.2, 0.25) is 0 Å². The van der Waals surface area contributed by atoms with Crippen LogP contribution in [0, 0.1) is 17.6 Å². The third kappa shape index (κ3) is 10.0. The van der Waals surface area contributed by atoms with Gasteiger partial charge in [0.15, 0.2) is 0 Å². The molecule has 0 saturated heterocycles. The molecule has 1 aliphatic carbocycles. The summed E-state index contributed by atoms with van der Waals surface area (Å²) >= 11 is 0. The molecule has 2 aromatic heterocycles. The number of aliphatic hydroxyl groups is 1. The highest BCUT2D eigenvalue weighted by molar-refractivity contribution is 5.77. The molecule has 0 aliphatic heterocycles. The Hall–Kier alpha value is -4.03. The Morgan fingerprint density at radius 2 is 1.53 bits per heavy atom. The van der Waals surface area contributed by atoms with Gasteiger partial charge < -0.3 is 5.11 Å². The van der Waals surface area contributed by atoms with Crippen LogP contribution in [-0.4, -0.2) is 45.7 Å². The number of aryl methyl sites for hydroxylation is 1. The van der Waals surface area contributed by atoms with Crippen LogP contribution in [0.1, 0.15) is 68.1 Å². The lowest BCUT2D eigenvalue weighted by atomic mass is 9.85. The number of aromatic nitrogens is 6. The Bertz CT molecular complexity index is 1340. The van der Waals surface area contributed by atoms with Crippen LogP contribution >= 0.6 is 0 Å². The molecule has 0 spiro atoms. The normalized spacial score (nSPS) is 13.8. The van der Waals surface area contributed by atoms with Gasteiger partial charge in [-0.05, 0) is 36.0 Å². The van der Waals surface area contributed by atoms with E-state index in [1.807, 2.05) is 12.1 Å². The van der Waals surface area contributed by atoms with Gasteiger partial charge in [0.05, 0.1) is 19.5 Å². The summed E-state index contributed by atoms with van der Waals surface area (Å²) in [4.78, 5) is 18.6. The molecule has 1 aliphatic rings. The Kier molecular flexibility index (Phi) is 11.9. The molecule has 2 heterocycles. The minimum absolute atomic E-state index is 0.0556. The Balaban J connectivity index is 0.000000197. The van der Waals surface area contributed by atoms with E-state index in [0.717, 1.165) is 30.0 Å². The fraction of sp³-hybridized carbons (Fsp3) is 0.452. The quantitative estimate of drug-likeness (QED) is 0.122. The minimum Gasteiger partial charge on any atom is -0.381 e. The number of nitrogens with zero attached hydrogens (tertiary/aromatic N) is 6. The number of nitrogens with one attached hydrogen (secondary N) is 1. The van der Waals surface area contributed by atoms with E-state index >= 15 is 0 Å². The van der Waals surface area contributed by atoms with Crippen LogP contribution in [0.15, 0.2) is 67.8 Å². The van der Waals surface area contributed by atoms with Gasteiger partial charge in [-0.15, -0.1) is 0 Å². The fourth-order valence-corrected chi connectivity index (χ4v) is 5.54. The summed E-state index contributed by atoms with van der Waals surface area (Å²) in [5.41, 5.74) is 2.19. The second-order valence-corrected chi connectivity index (χ2v) is 11.1. The Morgan fingerprint density at radius 3 is 2.09 bits per heavy atom. The van der Waals surface area contributed by atoms with Gasteiger partial charge in [-0.25, -0.2) is 33.6 Å². The molecule has 1 saturated carbocycles. The van der Waals surface area contributed by atoms with Gasteiger partial charge in [0.25, 0.3) is 0 Å². The van der Waals surface area contributed by atoms with Gasteiger partial charge >= 0.3 is 0 Å². The van der Waals surface area contributed by atoms with Crippen LogP contribution < -0.4 is 5.48 Å². The highest BCUT2D eigenvalue weighted by Gasteiger charge is 2.34. The van der Waals surface area contributed by atoms with Crippen molar-refractivity contribution in [2.45, 2.75) is 82.9 Å². The molecule has 0 unspecified atom stereocenters. The molecular formula is C31H39F2N7O3. The summed E-state index contributed by atoms with van der Waals surface area (Å²) in [6.07, 6.45) is 18.0. The van der Waals surface area contributed by atoms with Crippen molar-refractivity contribution < 1.29 is 23.9 Å². The number of hydrogen-bond acceptors (Lipinski definition) is 7. The van der Waals surface area contributed by atoms with Gasteiger partial charge in [-0.3, -0.25) is 10.0 Å². The molecule has 12 heteroatoms. The topological polar surface area (TPSA) is 131 Å². The Morgan fingerprint density at radius 1 is 0.907 bits per heavy atom. The van der Waals surface area contributed by atoms with Crippen molar-refractivity contribution in [2.75, 3.05) is 0 Å². The van der Waals surface area contributed by atoms with Crippen LogP contribution in [0.4, 0.5) is 8.78 Å². The standard InChI is InChI=1S/C18H27NO2.C13H12F2N6O/c20-18(19-21)14-17-12-10-16(11-13-17)9-5-4-8-15-6-2-1-3-7-15;14-10-1-2-11(12(15)3-10)13(22,4-20-8-16-6-18-20)5-21-9-17-7-19-21/h10-13,15,21H,1-9,14H2,(H,19,20);1-3,6-9,22H,4-5H2. The lowest BCUT2D eigenvalue weighted by Gasteiger charge is -2.28. The summed E-state index contributed by atoms with van der Waals surface area (Å²) in [6.45, 7) is -0.148. The average Bonchev–Trinajstić information content (AvgIpc) is 3.71. The molecule has 43 heavy (non-hydrogen) atoms. The predicted molar refractivity (Wildman–Crippen MR) is 155 cm³/mol. The molecule has 1 amide bonds. The van der Waals surface area contributed by atoms with E-state index in [-0.39, 0.29) is 31.0 Å². The molecule has 230 valence electrons. The molecule has 3 N–H and O–H groups in total. The molecule has 5 rings (SSSR count). The first-order valence-electron chi connectivity index (χ1n) is 14.7. The molecule has 10 nitrogen and oxygen atoms in total. The summed E-state index contributed by atoms with van der Waals surface area (Å²) in [7, 11) is 0. The van der Waals surface area contributed by atoms with E-state index in [1.165, 1.54) is 97.7 Å². The zero-order valence-electron chi connectivity index (χ0n) is 24.2. The van der Waals surface area contributed by atoms with Crippen LogP contribution in [-0.2, 0) is 36.3 Å². The molecule has 4 aromatic rings. The maximum Gasteiger partial charge on any atom is 0.247 e. The average molecular weight is 596 g/mol. The number of rotatable bonds is 12. The number of amides is 1. The maximum absolute atomic E-state index is 14.1. The van der Waals surface area contributed by atoms with E-state index in [1.54, 1.807) is 5.48 Å². The zero-order chi connectivity index (χ0) is 30.5. The third-order valence-corrected chi connectivity index (χ3v) is 7.78. The van der Waals surface area contributed by atoms with Gasteiger partial charge in [0, 0.05) is 11.6 Å². The largest absolute Gasteiger partial charge is 0.381 e. The lowest BCUT2D eigenvalue weighted by molar-refractivity contribution is -0.128. The van der Waals surface area contributed by atoms with Crippen molar-refractivity contribution in [2.24, 2.45) is 5.92 Å². The van der Waals surface area contributed by atoms with E-state index in [0.29, 0.717) is 0 Å². The minimum atomic E-state index is -1.70. The first-order valence-corrected chi connectivity index (χ1v) is 14.7. The van der Waals surface area contributed by atoms with Crippen LogP contribution in [0.25, 0.3) is 0 Å². The second-order valence-electron chi connectivity index (χ2n) is 11.1. The van der Waals surface area contributed by atoms with Crippen molar-refractivity contribution in [3.05, 3.63) is 96.1 Å². The number of carbonyl (C=O) groups is 1. The van der Waals surface area contributed by atoms with E-state index < -0.39 is 17.2 Å². The first kappa shape index (κ1) is 31.9. The third-order valence-electron chi connectivity index (χ3n) is 7.78. The Labute approximate surface area is 249 Å². The van der Waals surface area contributed by atoms with Crippen molar-refractivity contribution in [1.82, 2.24) is 35.0 Å². The maximum atomic E-state index is 14.1. The molecular weight excluding hydrogens is 556 g/mol. The number of hydrogen-bond donors (Lipinski definition) is 3. The predicted octanol–water partition coefficient (Wildman–Crippen LogP) is 4.76. The van der Waals surface area contributed by atoms with E-state index in [9.17, 15) is 18.7 Å². The van der Waals surface area contributed by atoms with Gasteiger partial charge in [-0.2, -0.15) is 10.2 Å². The number of hydroxylamine groups is 1. The fourth-order valence-electron chi connectivity index (χ4n) is 5.54. The van der Waals surface area contributed by atoms with Crippen molar-refractivity contribution in [3.8, 4) is 0 Å². The highest BCUT2D eigenvalue weighted by Crippen LogP contribution is 2.29. The summed E-state index contributed by atoms with van der Waals surface area (Å²) in [5.74, 6) is -0.943. The zero-order valence-corrected chi connectivity index (χ0v) is 24.2. The van der Waals surface area contributed by atoms with Gasteiger partial charge in [-0.1, -0.05) is 75.3 Å². The number of carbonyl (C=O) groups excluding carboxylic acids is 1. The van der Waals surface area contributed by atoms with Crippen molar-refractivity contribution in [1.29, 1.82) is 0 Å². The van der Waals surface area contributed by atoms with Crippen molar-refractivity contribution in [3.63, 3.8) is 0 Å². The van der Waals surface area contributed by atoms with Crippen molar-refractivity contribution >= 4 is 5.91 Å². The number of unbranched alkanes of at least 4 members (excludes halogenated alkanes) is 1. The molecule has 0 bridgehead atoms. The smallest absolute Gasteiger partial charge is 0.247 e. The van der Waals surface area contributed by atoms with E-state index in [4.69, 9.17) is 5.21 Å². The summed E-state index contributed by atoms with van der Waals surface area (Å²) in [6, 6.07) is 11.2. The van der Waals surface area contributed by atoms with Gasteiger partial charge in [0.1, 0.15) is 42.5 Å². The van der Waals surface area contributed by atoms with E-state index in [2.05, 4.69) is 32.3 Å². The number of benzene rings is 2. The van der Waals surface area contributed by atoms with Gasteiger partial charge in [0.2, 0.25) is 5.91 Å². The van der Waals surface area contributed by atoms with Crippen LogP contribution in [0.5, 0.6) is 0 Å². The molecule has 2 aromatic carbocycles. The lowest BCUT2D eigenvalue weighted by Crippen LogP contribution is -2.37. The first-order chi connectivity index (χ1) is 20.8. The molecule has 0 atom stereocenters. The SMILES string of the molecule is O=C(Cc1ccc(CCCCC2CCCCC2)cc1)NO.OC(Cn1cncn1)(Cn1cncn1)c1ccc(F)cc1F. The second kappa shape index (κ2) is 16.0.